The summed E-state index contributed by atoms with van der Waals surface area (Å²) >= 11 is 0. The molecule has 0 unspecified atom stereocenters. The Morgan fingerprint density at radius 1 is 1.00 bits per heavy atom. The normalized spacial score (nSPS) is 19.4. The third kappa shape index (κ3) is 4.36. The van der Waals surface area contributed by atoms with Gasteiger partial charge in [-0.25, -0.2) is 8.78 Å². The quantitative estimate of drug-likeness (QED) is 0.694. The number of hydrogen-bond donors (Lipinski definition) is 1. The number of benzene rings is 2. The average molecular weight is 413 g/mol. The lowest BCUT2D eigenvalue weighted by molar-refractivity contribution is 0.0328. The lowest BCUT2D eigenvalue weighted by Gasteiger charge is -2.21. The van der Waals surface area contributed by atoms with Crippen LogP contribution in [0.5, 0.6) is 5.75 Å². The minimum absolute atomic E-state index is 0.0799. The summed E-state index contributed by atoms with van der Waals surface area (Å²) in [7, 11) is 0. The number of furan rings is 1. The molecule has 3 aromatic rings. The highest BCUT2D eigenvalue weighted by molar-refractivity contribution is 5.92. The molecule has 30 heavy (non-hydrogen) atoms. The van der Waals surface area contributed by atoms with Gasteiger partial charge in [-0.05, 0) is 55.0 Å². The molecule has 1 fully saturated rings. The van der Waals surface area contributed by atoms with Crippen molar-refractivity contribution in [1.82, 2.24) is 4.90 Å². The highest BCUT2D eigenvalue weighted by Crippen LogP contribution is 2.25. The summed E-state index contributed by atoms with van der Waals surface area (Å²) in [5, 5.41) is 10.4. The topological polar surface area (TPSA) is 62.9 Å². The maximum atomic E-state index is 13.9. The number of ether oxygens (including phenoxy) is 1. The van der Waals surface area contributed by atoms with Gasteiger partial charge < -0.3 is 19.2 Å². The molecule has 4 rings (SSSR count). The van der Waals surface area contributed by atoms with Gasteiger partial charge >= 0.3 is 0 Å². The lowest BCUT2D eigenvalue weighted by Crippen LogP contribution is -2.32. The summed E-state index contributed by atoms with van der Waals surface area (Å²) in [4.78, 5) is 14.5. The van der Waals surface area contributed by atoms with E-state index in [4.69, 9.17) is 9.15 Å². The second-order valence-electron chi connectivity index (χ2n) is 7.19. The highest BCUT2D eigenvalue weighted by Gasteiger charge is 2.30. The van der Waals surface area contributed by atoms with Crippen molar-refractivity contribution in [2.45, 2.75) is 25.0 Å². The van der Waals surface area contributed by atoms with E-state index in [1.54, 1.807) is 41.3 Å². The third-order valence-electron chi connectivity index (χ3n) is 5.16. The number of aliphatic hydroxyl groups excluding tert-OH is 1. The molecule has 0 radical (unpaired) electrons. The first-order chi connectivity index (χ1) is 14.5. The number of hydrogen-bond acceptors (Lipinski definition) is 4. The van der Waals surface area contributed by atoms with Gasteiger partial charge in [0.25, 0.3) is 5.91 Å². The van der Waals surface area contributed by atoms with Crippen LogP contribution in [0.1, 0.15) is 23.4 Å². The second kappa shape index (κ2) is 8.67. The Bertz CT molecular complexity index is 1020. The van der Waals surface area contributed by atoms with Gasteiger partial charge in [0, 0.05) is 25.1 Å². The Hall–Kier alpha value is -3.19. The fourth-order valence-electron chi connectivity index (χ4n) is 3.48. The van der Waals surface area contributed by atoms with Gasteiger partial charge in [-0.15, -0.1) is 0 Å². The van der Waals surface area contributed by atoms with E-state index in [1.807, 2.05) is 0 Å². The molecule has 1 amide bonds. The molecule has 2 heterocycles. The van der Waals surface area contributed by atoms with Crippen LogP contribution in [0.15, 0.2) is 65.1 Å². The van der Waals surface area contributed by atoms with E-state index in [0.717, 1.165) is 0 Å². The average Bonchev–Trinajstić information content (AvgIpc) is 3.17. The molecule has 1 aromatic heterocycles. The first kappa shape index (κ1) is 20.1. The van der Waals surface area contributed by atoms with Crippen molar-refractivity contribution in [3.8, 4) is 17.1 Å². The Balaban J connectivity index is 1.43. The van der Waals surface area contributed by atoms with Crippen LogP contribution in [-0.2, 0) is 0 Å². The number of likely N-dealkylation sites (tertiary alicyclic amines) is 1. The first-order valence-corrected chi connectivity index (χ1v) is 9.75. The maximum absolute atomic E-state index is 13.9. The number of aliphatic hydroxyl groups is 1. The Kier molecular flexibility index (Phi) is 5.81. The molecule has 7 heteroatoms. The van der Waals surface area contributed by atoms with Crippen LogP contribution in [0.3, 0.4) is 0 Å². The van der Waals surface area contributed by atoms with E-state index in [2.05, 4.69) is 0 Å². The highest BCUT2D eigenvalue weighted by atomic mass is 19.1. The van der Waals surface area contributed by atoms with Gasteiger partial charge in [0.2, 0.25) is 0 Å². The van der Waals surface area contributed by atoms with E-state index in [0.29, 0.717) is 37.3 Å². The minimum atomic E-state index is -0.825. The van der Waals surface area contributed by atoms with Gasteiger partial charge in [0.05, 0.1) is 6.10 Å². The van der Waals surface area contributed by atoms with Gasteiger partial charge in [-0.2, -0.15) is 0 Å². The van der Waals surface area contributed by atoms with E-state index < -0.39 is 18.0 Å². The van der Waals surface area contributed by atoms with Crippen molar-refractivity contribution in [2.24, 2.45) is 0 Å². The zero-order valence-corrected chi connectivity index (χ0v) is 16.1. The van der Waals surface area contributed by atoms with Crippen LogP contribution in [-0.4, -0.2) is 41.2 Å². The number of amides is 1. The molecule has 5 nitrogen and oxygen atoms in total. The largest absolute Gasteiger partial charge is 0.485 e. The zero-order valence-electron chi connectivity index (χ0n) is 16.1. The smallest absolute Gasteiger partial charge is 0.289 e. The summed E-state index contributed by atoms with van der Waals surface area (Å²) in [5.74, 6) is -0.438. The predicted octanol–water partition coefficient (Wildman–Crippen LogP) is 4.27. The number of carbonyl (C=O) groups excluding carboxylic acids is 1. The molecule has 0 bridgehead atoms. The third-order valence-corrected chi connectivity index (χ3v) is 5.16. The molecule has 1 N–H and O–H groups in total. The van der Waals surface area contributed by atoms with Crippen LogP contribution in [0.2, 0.25) is 0 Å². The first-order valence-electron chi connectivity index (χ1n) is 9.75. The molecule has 2 atom stereocenters. The fourth-order valence-corrected chi connectivity index (χ4v) is 3.48. The number of nitrogens with zero attached hydrogens (tertiary/aromatic N) is 1. The molecule has 0 saturated carbocycles. The molecule has 1 aliphatic heterocycles. The van der Waals surface area contributed by atoms with Gasteiger partial charge in [-0.3, -0.25) is 4.79 Å². The number of para-hydroxylation sites is 1. The van der Waals surface area contributed by atoms with Gasteiger partial charge in [-0.1, -0.05) is 12.1 Å². The minimum Gasteiger partial charge on any atom is -0.485 e. The molecule has 2 aromatic carbocycles. The van der Waals surface area contributed by atoms with Crippen molar-refractivity contribution >= 4 is 5.91 Å². The molecular formula is C23H21F2NO4. The van der Waals surface area contributed by atoms with Crippen molar-refractivity contribution in [1.29, 1.82) is 0 Å². The number of halogens is 2. The summed E-state index contributed by atoms with van der Waals surface area (Å²) in [6.07, 6.45) is -0.789. The predicted molar refractivity (Wildman–Crippen MR) is 106 cm³/mol. The van der Waals surface area contributed by atoms with Crippen molar-refractivity contribution in [3.63, 3.8) is 0 Å². The Morgan fingerprint density at radius 3 is 2.50 bits per heavy atom. The zero-order chi connectivity index (χ0) is 21.1. The Morgan fingerprint density at radius 2 is 1.73 bits per heavy atom. The fraction of sp³-hybridized carbons (Fsp3) is 0.261. The van der Waals surface area contributed by atoms with Crippen molar-refractivity contribution in [3.05, 3.63) is 78.1 Å². The van der Waals surface area contributed by atoms with E-state index in [1.165, 1.54) is 24.3 Å². The molecule has 0 spiro atoms. The van der Waals surface area contributed by atoms with Crippen LogP contribution < -0.4 is 4.74 Å². The molecule has 0 aliphatic carbocycles. The number of carbonyl (C=O) groups is 1. The molecule has 1 saturated heterocycles. The van der Waals surface area contributed by atoms with Gasteiger partial charge in [0.1, 0.15) is 17.7 Å². The van der Waals surface area contributed by atoms with Crippen LogP contribution in [0, 0.1) is 11.6 Å². The van der Waals surface area contributed by atoms with Crippen molar-refractivity contribution in [2.75, 3.05) is 13.1 Å². The van der Waals surface area contributed by atoms with E-state index in [9.17, 15) is 18.7 Å². The molecular weight excluding hydrogens is 392 g/mol. The molecule has 156 valence electrons. The summed E-state index contributed by atoms with van der Waals surface area (Å²) in [5.41, 5.74) is 0.667. The standard InChI is InChI=1S/C23H21F2NO4/c24-16-7-5-15(6-8-16)19-9-10-22(29-19)23(28)26-13-11-18(27)21(12-14-26)30-20-4-2-1-3-17(20)25/h1-10,18,21,27H,11-14H2/t18-,21-/m0/s1. The molecule has 1 aliphatic rings. The summed E-state index contributed by atoms with van der Waals surface area (Å²) < 4.78 is 38.3. The SMILES string of the molecule is O=C(c1ccc(-c2ccc(F)cc2)o1)N1CC[C@H](Oc2ccccc2F)[C@@H](O)CC1. The monoisotopic (exact) mass is 413 g/mol. The van der Waals surface area contributed by atoms with Crippen LogP contribution >= 0.6 is 0 Å². The van der Waals surface area contributed by atoms with Crippen LogP contribution in [0.25, 0.3) is 11.3 Å². The summed E-state index contributed by atoms with van der Waals surface area (Å²) in [6, 6.07) is 15.1. The number of rotatable bonds is 4. The van der Waals surface area contributed by atoms with Crippen LogP contribution in [0.4, 0.5) is 8.78 Å². The van der Waals surface area contributed by atoms with Crippen molar-refractivity contribution < 1.29 is 27.8 Å². The summed E-state index contributed by atoms with van der Waals surface area (Å²) in [6.45, 7) is 0.658. The maximum Gasteiger partial charge on any atom is 0.289 e. The second-order valence-corrected chi connectivity index (χ2v) is 7.19. The Labute approximate surface area is 172 Å². The van der Waals surface area contributed by atoms with E-state index in [-0.39, 0.29) is 23.2 Å². The van der Waals surface area contributed by atoms with Gasteiger partial charge in [0.15, 0.2) is 17.3 Å². The lowest BCUT2D eigenvalue weighted by atomic mass is 10.1. The van der Waals surface area contributed by atoms with E-state index >= 15 is 0 Å².